The van der Waals surface area contributed by atoms with Crippen LogP contribution in [0.25, 0.3) is 0 Å². The summed E-state index contributed by atoms with van der Waals surface area (Å²) in [6.07, 6.45) is 6.13. The SMILES string of the molecule is CC1(C)CCC[C@]2(C)[C@H](O)CC[C@H]12. The van der Waals surface area contributed by atoms with E-state index in [1.807, 2.05) is 0 Å². The minimum absolute atomic E-state index is 0.0305. The molecule has 0 unspecified atom stereocenters. The predicted molar refractivity (Wildman–Crippen MR) is 54.5 cm³/mol. The average molecular weight is 182 g/mol. The van der Waals surface area contributed by atoms with Gasteiger partial charge >= 0.3 is 0 Å². The maximum Gasteiger partial charge on any atom is 0.0596 e. The van der Waals surface area contributed by atoms with Crippen LogP contribution in [-0.2, 0) is 0 Å². The summed E-state index contributed by atoms with van der Waals surface area (Å²) in [5.41, 5.74) is 0.701. The van der Waals surface area contributed by atoms with Crippen LogP contribution in [0.5, 0.6) is 0 Å². The van der Waals surface area contributed by atoms with Gasteiger partial charge in [-0.1, -0.05) is 27.2 Å². The van der Waals surface area contributed by atoms with Gasteiger partial charge in [0.1, 0.15) is 0 Å². The lowest BCUT2D eigenvalue weighted by atomic mass is 9.57. The van der Waals surface area contributed by atoms with Gasteiger partial charge in [-0.25, -0.2) is 0 Å². The normalized spacial score (nSPS) is 48.9. The van der Waals surface area contributed by atoms with Crippen molar-refractivity contribution in [3.8, 4) is 0 Å². The minimum atomic E-state index is -0.0305. The van der Waals surface area contributed by atoms with Crippen LogP contribution in [-0.4, -0.2) is 11.2 Å². The summed E-state index contributed by atoms with van der Waals surface area (Å²) in [5, 5.41) is 10.0. The molecule has 13 heavy (non-hydrogen) atoms. The first kappa shape index (κ1) is 9.51. The van der Waals surface area contributed by atoms with Gasteiger partial charge < -0.3 is 5.11 Å². The van der Waals surface area contributed by atoms with Crippen molar-refractivity contribution < 1.29 is 5.11 Å². The molecule has 2 aliphatic carbocycles. The van der Waals surface area contributed by atoms with Crippen molar-refractivity contribution in [1.29, 1.82) is 0 Å². The number of aliphatic hydroxyl groups excluding tert-OH is 1. The Labute approximate surface area is 81.5 Å². The molecule has 1 N–H and O–H groups in total. The van der Waals surface area contributed by atoms with E-state index in [9.17, 15) is 5.11 Å². The number of hydrogen-bond acceptors (Lipinski definition) is 1. The van der Waals surface area contributed by atoms with Crippen molar-refractivity contribution in [3.05, 3.63) is 0 Å². The lowest BCUT2D eigenvalue weighted by Crippen LogP contribution is -2.43. The Bertz CT molecular complexity index is 209. The summed E-state index contributed by atoms with van der Waals surface area (Å²) in [4.78, 5) is 0. The van der Waals surface area contributed by atoms with E-state index in [2.05, 4.69) is 20.8 Å². The third kappa shape index (κ3) is 1.24. The third-order valence-corrected chi connectivity index (χ3v) is 4.77. The Morgan fingerprint density at radius 1 is 1.08 bits per heavy atom. The molecule has 1 nitrogen and oxygen atoms in total. The minimum Gasteiger partial charge on any atom is -0.393 e. The molecule has 2 aliphatic rings. The molecule has 2 fully saturated rings. The highest BCUT2D eigenvalue weighted by Gasteiger charge is 2.53. The average Bonchev–Trinajstić information content (AvgIpc) is 2.29. The summed E-state index contributed by atoms with van der Waals surface area (Å²) < 4.78 is 0. The second-order valence-electron chi connectivity index (χ2n) is 5.99. The van der Waals surface area contributed by atoms with Gasteiger partial charge in [-0.2, -0.15) is 0 Å². The highest BCUT2D eigenvalue weighted by Crippen LogP contribution is 2.59. The second kappa shape index (κ2) is 2.73. The molecule has 3 atom stereocenters. The number of aliphatic hydroxyl groups is 1. The molecule has 1 heteroatoms. The fourth-order valence-electron chi connectivity index (χ4n) is 3.94. The fourth-order valence-corrected chi connectivity index (χ4v) is 3.94. The van der Waals surface area contributed by atoms with Crippen molar-refractivity contribution >= 4 is 0 Å². The molecule has 0 radical (unpaired) electrons. The summed E-state index contributed by atoms with van der Waals surface area (Å²) in [6, 6.07) is 0. The van der Waals surface area contributed by atoms with Gasteiger partial charge in [-0.3, -0.25) is 0 Å². The third-order valence-electron chi connectivity index (χ3n) is 4.77. The van der Waals surface area contributed by atoms with E-state index in [1.165, 1.54) is 25.7 Å². The van der Waals surface area contributed by atoms with Crippen molar-refractivity contribution in [2.24, 2.45) is 16.7 Å². The van der Waals surface area contributed by atoms with Gasteiger partial charge in [0.15, 0.2) is 0 Å². The van der Waals surface area contributed by atoms with Crippen molar-refractivity contribution in [1.82, 2.24) is 0 Å². The van der Waals surface area contributed by atoms with Gasteiger partial charge in [-0.05, 0) is 42.4 Å². The Morgan fingerprint density at radius 2 is 1.77 bits per heavy atom. The Balaban J connectivity index is 2.28. The summed E-state index contributed by atoms with van der Waals surface area (Å²) in [7, 11) is 0. The Hall–Kier alpha value is -0.0400. The second-order valence-corrected chi connectivity index (χ2v) is 5.99. The van der Waals surface area contributed by atoms with Crippen LogP contribution in [0.1, 0.15) is 52.9 Å². The monoisotopic (exact) mass is 182 g/mol. The smallest absolute Gasteiger partial charge is 0.0596 e. The van der Waals surface area contributed by atoms with E-state index in [1.54, 1.807) is 0 Å². The molecule has 0 bridgehead atoms. The number of hydrogen-bond donors (Lipinski definition) is 1. The summed E-state index contributed by atoms with van der Waals surface area (Å²) in [6.45, 7) is 7.07. The zero-order valence-electron chi connectivity index (χ0n) is 9.14. The molecular formula is C12H22O. The van der Waals surface area contributed by atoms with Gasteiger partial charge in [0.25, 0.3) is 0 Å². The molecule has 0 aromatic carbocycles. The largest absolute Gasteiger partial charge is 0.393 e. The topological polar surface area (TPSA) is 20.2 Å². The molecule has 0 saturated heterocycles. The molecule has 76 valence electrons. The van der Waals surface area contributed by atoms with Crippen molar-refractivity contribution in [2.45, 2.75) is 59.0 Å². The predicted octanol–water partition coefficient (Wildman–Crippen LogP) is 2.97. The molecule has 0 aliphatic heterocycles. The van der Waals surface area contributed by atoms with Gasteiger partial charge in [0.05, 0.1) is 6.10 Å². The van der Waals surface area contributed by atoms with Crippen LogP contribution < -0.4 is 0 Å². The van der Waals surface area contributed by atoms with E-state index in [4.69, 9.17) is 0 Å². The standard InChI is InChI=1S/C12H22O/c1-11(2)7-4-8-12(3)9(11)5-6-10(12)13/h9-10,13H,4-8H2,1-3H3/t9-,10-,12+/m1/s1. The van der Waals surface area contributed by atoms with Gasteiger partial charge in [0, 0.05) is 0 Å². The van der Waals surface area contributed by atoms with Crippen LogP contribution in [0.2, 0.25) is 0 Å². The zero-order chi connectivity index (χ0) is 9.69. The van der Waals surface area contributed by atoms with E-state index >= 15 is 0 Å². The Morgan fingerprint density at radius 3 is 2.38 bits per heavy atom. The zero-order valence-corrected chi connectivity index (χ0v) is 9.14. The maximum absolute atomic E-state index is 10.0. The molecule has 0 aromatic heterocycles. The molecule has 0 aromatic rings. The van der Waals surface area contributed by atoms with Crippen LogP contribution in [0, 0.1) is 16.7 Å². The molecule has 0 spiro atoms. The maximum atomic E-state index is 10.0. The summed E-state index contributed by atoms with van der Waals surface area (Å²) in [5.74, 6) is 0.753. The summed E-state index contributed by atoms with van der Waals surface area (Å²) >= 11 is 0. The molecule has 0 heterocycles. The van der Waals surface area contributed by atoms with Crippen LogP contribution in [0.4, 0.5) is 0 Å². The molecular weight excluding hydrogens is 160 g/mol. The molecule has 0 amide bonds. The van der Waals surface area contributed by atoms with E-state index in [0.29, 0.717) is 5.41 Å². The van der Waals surface area contributed by atoms with Crippen LogP contribution in [0.3, 0.4) is 0 Å². The molecule has 2 rings (SSSR count). The lowest BCUT2D eigenvalue weighted by Gasteiger charge is -2.48. The van der Waals surface area contributed by atoms with E-state index in [0.717, 1.165) is 12.3 Å². The van der Waals surface area contributed by atoms with Crippen LogP contribution in [0.15, 0.2) is 0 Å². The fraction of sp³-hybridized carbons (Fsp3) is 1.00. The van der Waals surface area contributed by atoms with Crippen LogP contribution >= 0.6 is 0 Å². The highest BCUT2D eigenvalue weighted by atomic mass is 16.3. The van der Waals surface area contributed by atoms with Gasteiger partial charge in [0.2, 0.25) is 0 Å². The Kier molecular flexibility index (Phi) is 1.99. The lowest BCUT2D eigenvalue weighted by molar-refractivity contribution is -0.0400. The van der Waals surface area contributed by atoms with E-state index < -0.39 is 0 Å². The van der Waals surface area contributed by atoms with Crippen molar-refractivity contribution in [3.63, 3.8) is 0 Å². The van der Waals surface area contributed by atoms with E-state index in [-0.39, 0.29) is 11.5 Å². The first-order valence-electron chi connectivity index (χ1n) is 5.65. The first-order valence-corrected chi connectivity index (χ1v) is 5.65. The van der Waals surface area contributed by atoms with Crippen molar-refractivity contribution in [2.75, 3.05) is 0 Å². The highest BCUT2D eigenvalue weighted by molar-refractivity contribution is 5.03. The molecule has 2 saturated carbocycles. The number of fused-ring (bicyclic) bond motifs is 1. The quantitative estimate of drug-likeness (QED) is 0.610. The number of rotatable bonds is 0. The first-order chi connectivity index (χ1) is 5.97. The van der Waals surface area contributed by atoms with Gasteiger partial charge in [-0.15, -0.1) is 0 Å².